The van der Waals surface area contributed by atoms with E-state index in [0.717, 1.165) is 42.7 Å². The number of carbonyl (C=O) groups excluding carboxylic acids is 1. The first-order chi connectivity index (χ1) is 23.4. The molecule has 0 atom stereocenters. The number of anilines is 3. The van der Waals surface area contributed by atoms with E-state index in [0.29, 0.717) is 42.3 Å². The fourth-order valence-corrected chi connectivity index (χ4v) is 6.51. The van der Waals surface area contributed by atoms with Gasteiger partial charge in [-0.05, 0) is 65.0 Å². The number of piperazine rings is 1. The van der Waals surface area contributed by atoms with Crippen LogP contribution in [0.1, 0.15) is 35.6 Å². The summed E-state index contributed by atoms with van der Waals surface area (Å²) >= 11 is 0. The smallest absolute Gasteiger partial charge is 0.258 e. The van der Waals surface area contributed by atoms with Gasteiger partial charge in [-0.15, -0.1) is 0 Å². The Morgan fingerprint density at radius 1 is 0.917 bits per heavy atom. The highest BCUT2D eigenvalue weighted by molar-refractivity contribution is 5.83. The van der Waals surface area contributed by atoms with Crippen LogP contribution in [0.15, 0.2) is 91.3 Å². The number of nitrogen functional groups attached to an aromatic ring is 2. The van der Waals surface area contributed by atoms with E-state index in [2.05, 4.69) is 54.3 Å². The summed E-state index contributed by atoms with van der Waals surface area (Å²) < 4.78 is 21.2. The zero-order chi connectivity index (χ0) is 33.0. The van der Waals surface area contributed by atoms with Crippen LogP contribution in [-0.4, -0.2) is 58.5 Å². The quantitative estimate of drug-likeness (QED) is 0.187. The molecule has 1 aliphatic heterocycles. The lowest BCUT2D eigenvalue weighted by Gasteiger charge is -2.36. The second-order valence-corrected chi connectivity index (χ2v) is 12.1. The monoisotopic (exact) mass is 644 g/mol. The fraction of sp³-hybridized carbons (Fsp3) is 0.243. The highest BCUT2D eigenvalue weighted by Gasteiger charge is 2.29. The number of nitrogens with one attached hydrogen (secondary N) is 1. The average molecular weight is 645 g/mol. The van der Waals surface area contributed by atoms with Crippen LogP contribution >= 0.6 is 0 Å². The molecule has 1 amide bonds. The summed E-state index contributed by atoms with van der Waals surface area (Å²) in [6, 6.07) is 25.0. The molecule has 11 heteroatoms. The van der Waals surface area contributed by atoms with Crippen molar-refractivity contribution in [1.82, 2.24) is 25.2 Å². The Morgan fingerprint density at radius 3 is 2.35 bits per heavy atom. The summed E-state index contributed by atoms with van der Waals surface area (Å²) in [6.07, 6.45) is 4.32. The Morgan fingerprint density at radius 2 is 1.65 bits per heavy atom. The molecule has 48 heavy (non-hydrogen) atoms. The van der Waals surface area contributed by atoms with Crippen molar-refractivity contribution in [2.45, 2.75) is 25.5 Å². The second-order valence-electron chi connectivity index (χ2n) is 12.1. The third-order valence-corrected chi connectivity index (χ3v) is 8.96. The van der Waals surface area contributed by atoms with Crippen molar-refractivity contribution >= 4 is 23.2 Å². The molecule has 0 radical (unpaired) electrons. The van der Waals surface area contributed by atoms with E-state index < -0.39 is 0 Å². The highest BCUT2D eigenvalue weighted by atomic mass is 19.1. The van der Waals surface area contributed by atoms with Crippen LogP contribution < -0.4 is 26.4 Å². The molecule has 3 heterocycles. The van der Waals surface area contributed by atoms with Crippen LogP contribution in [0.4, 0.5) is 21.7 Å². The molecule has 7 rings (SSSR count). The Balaban J connectivity index is 0.899. The van der Waals surface area contributed by atoms with Crippen LogP contribution in [-0.2, 0) is 11.4 Å². The van der Waals surface area contributed by atoms with Crippen molar-refractivity contribution in [3.05, 3.63) is 114 Å². The number of nitrogens with zero attached hydrogens (tertiary/aromatic N) is 5. The van der Waals surface area contributed by atoms with Crippen molar-refractivity contribution < 1.29 is 13.9 Å². The normalized spacial score (nSPS) is 14.4. The minimum atomic E-state index is -0.332. The third-order valence-electron chi connectivity index (χ3n) is 8.96. The summed E-state index contributed by atoms with van der Waals surface area (Å²) in [7, 11) is 0. The van der Waals surface area contributed by atoms with Crippen molar-refractivity contribution in [2.75, 3.05) is 49.1 Å². The maximum absolute atomic E-state index is 15.4. The van der Waals surface area contributed by atoms with Gasteiger partial charge in [0.15, 0.2) is 5.82 Å². The predicted molar refractivity (Wildman–Crippen MR) is 185 cm³/mol. The van der Waals surface area contributed by atoms with Gasteiger partial charge in [0.25, 0.3) is 5.88 Å². The molecular weight excluding hydrogens is 607 g/mol. The van der Waals surface area contributed by atoms with E-state index >= 15 is 4.39 Å². The highest BCUT2D eigenvalue weighted by Crippen LogP contribution is 2.43. The van der Waals surface area contributed by atoms with Crippen LogP contribution in [0.25, 0.3) is 22.4 Å². The number of aromatic nitrogens is 3. The largest absolute Gasteiger partial charge is 0.470 e. The van der Waals surface area contributed by atoms with Crippen LogP contribution in [0.5, 0.6) is 5.88 Å². The molecule has 5 N–H and O–H groups in total. The number of hydrogen-bond donors (Lipinski definition) is 3. The first kappa shape index (κ1) is 31.1. The summed E-state index contributed by atoms with van der Waals surface area (Å²) in [4.78, 5) is 30.1. The minimum Gasteiger partial charge on any atom is -0.470 e. The molecule has 10 nitrogen and oxygen atoms in total. The molecule has 2 aliphatic rings. The summed E-state index contributed by atoms with van der Waals surface area (Å²) in [5, 5.41) is 3.27. The lowest BCUT2D eigenvalue weighted by Crippen LogP contribution is -2.47. The van der Waals surface area contributed by atoms with Gasteiger partial charge in [-0.1, -0.05) is 54.6 Å². The van der Waals surface area contributed by atoms with Gasteiger partial charge in [0.2, 0.25) is 5.91 Å². The van der Waals surface area contributed by atoms with E-state index in [4.69, 9.17) is 16.2 Å². The van der Waals surface area contributed by atoms with Crippen molar-refractivity contribution in [1.29, 1.82) is 0 Å². The number of hydrogen-bond acceptors (Lipinski definition) is 9. The molecule has 1 aliphatic carbocycles. The molecule has 5 aromatic rings. The molecule has 0 bridgehead atoms. The summed E-state index contributed by atoms with van der Waals surface area (Å²) in [5.74, 6) is 0.410. The Bertz CT molecular complexity index is 1900. The van der Waals surface area contributed by atoms with E-state index in [1.54, 1.807) is 24.4 Å². The molecule has 0 unspecified atom stereocenters. The maximum atomic E-state index is 15.4. The van der Waals surface area contributed by atoms with Crippen LogP contribution in [0, 0.1) is 5.82 Å². The van der Waals surface area contributed by atoms with E-state index in [9.17, 15) is 4.79 Å². The zero-order valence-electron chi connectivity index (χ0n) is 26.5. The fourth-order valence-electron chi connectivity index (χ4n) is 6.51. The van der Waals surface area contributed by atoms with E-state index in [-0.39, 0.29) is 36.1 Å². The molecule has 0 spiro atoms. The van der Waals surface area contributed by atoms with Crippen molar-refractivity contribution in [3.63, 3.8) is 0 Å². The summed E-state index contributed by atoms with van der Waals surface area (Å²) in [5.41, 5.74) is 18.8. The van der Waals surface area contributed by atoms with Gasteiger partial charge in [0.1, 0.15) is 18.2 Å². The van der Waals surface area contributed by atoms with Gasteiger partial charge in [-0.2, -0.15) is 0 Å². The number of carbonyl (C=O) groups is 1. The molecule has 0 saturated carbocycles. The Labute approximate surface area is 278 Å². The maximum Gasteiger partial charge on any atom is 0.258 e. The number of rotatable bonds is 10. The number of pyridine rings is 1. The Kier molecular flexibility index (Phi) is 8.84. The minimum absolute atomic E-state index is 0.0516. The van der Waals surface area contributed by atoms with Gasteiger partial charge < -0.3 is 26.4 Å². The molecule has 3 aromatic carbocycles. The standard InChI is InChI=1S/C37H37FN8O2/c38-30-21-25(31-22-42-36(40)37(43-31)48-23-24-13-14-41-33(39)20-24)11-12-32(30)46-18-16-45(17-19-46)15-5-10-34(47)44-35-28-8-3-1-6-26(28)27-7-2-4-9-29(27)35/h1-4,6-9,11-14,20-22,35H,5,10,15-19,23H2,(H2,39,41)(H2,40,42)(H,44,47). The number of amides is 1. The number of nitrogens with two attached hydrogens (primary N) is 2. The van der Waals surface area contributed by atoms with E-state index in [1.165, 1.54) is 23.4 Å². The molecule has 244 valence electrons. The average Bonchev–Trinajstić information content (AvgIpc) is 3.41. The van der Waals surface area contributed by atoms with Gasteiger partial charge in [-0.3, -0.25) is 9.69 Å². The van der Waals surface area contributed by atoms with Gasteiger partial charge >= 0.3 is 0 Å². The first-order valence-corrected chi connectivity index (χ1v) is 16.1. The third kappa shape index (κ3) is 6.63. The topological polar surface area (TPSA) is 136 Å². The van der Waals surface area contributed by atoms with Gasteiger partial charge in [0, 0.05) is 44.4 Å². The number of fused-ring (bicyclic) bond motifs is 3. The molecule has 1 fully saturated rings. The van der Waals surface area contributed by atoms with E-state index in [1.807, 2.05) is 30.3 Å². The molecule has 1 saturated heterocycles. The number of halogens is 1. The first-order valence-electron chi connectivity index (χ1n) is 16.1. The van der Waals surface area contributed by atoms with Crippen molar-refractivity contribution in [2.24, 2.45) is 0 Å². The van der Waals surface area contributed by atoms with Crippen LogP contribution in [0.3, 0.4) is 0 Å². The zero-order valence-corrected chi connectivity index (χ0v) is 26.5. The Hall–Kier alpha value is -5.55. The number of ether oxygens (including phenoxy) is 1. The second kappa shape index (κ2) is 13.7. The predicted octanol–water partition coefficient (Wildman–Crippen LogP) is 5.21. The molecule has 2 aromatic heterocycles. The summed E-state index contributed by atoms with van der Waals surface area (Å²) in [6.45, 7) is 3.97. The van der Waals surface area contributed by atoms with Gasteiger partial charge in [-0.25, -0.2) is 19.3 Å². The number of benzene rings is 3. The van der Waals surface area contributed by atoms with Gasteiger partial charge in [0.05, 0.1) is 23.6 Å². The molecular formula is C37H37FN8O2. The SMILES string of the molecule is Nc1cc(COc2nc(-c3ccc(N4CCN(CCCC(=O)NC5c6ccccc6-c6ccccc65)CC4)c(F)c3)cnc2N)ccn1. The van der Waals surface area contributed by atoms with Crippen LogP contribution in [0.2, 0.25) is 0 Å². The van der Waals surface area contributed by atoms with Crippen molar-refractivity contribution in [3.8, 4) is 28.3 Å². The lowest BCUT2D eigenvalue weighted by atomic mass is 10.1. The lowest BCUT2D eigenvalue weighted by molar-refractivity contribution is -0.121.